The monoisotopic (exact) mass is 322 g/mol. The normalized spacial score (nSPS) is 9.33. The topological polar surface area (TPSA) is 76.7 Å². The summed E-state index contributed by atoms with van der Waals surface area (Å²) in [7, 11) is 0. The summed E-state index contributed by atoms with van der Waals surface area (Å²) in [4.78, 5) is 22.4. The lowest BCUT2D eigenvalue weighted by Crippen LogP contribution is -2.29. The molecule has 0 unspecified atom stereocenters. The maximum atomic E-state index is 11.3. The van der Waals surface area contributed by atoms with Crippen molar-refractivity contribution in [2.45, 2.75) is 33.6 Å². The van der Waals surface area contributed by atoms with Gasteiger partial charge in [0.25, 0.3) is 0 Å². The van der Waals surface area contributed by atoms with Crippen LogP contribution in [0.4, 0.5) is 4.79 Å². The molecule has 0 rings (SSSR count). The minimum absolute atomic E-state index is 0.171. The summed E-state index contributed by atoms with van der Waals surface area (Å²) < 4.78 is 9.80. The molecule has 2 N–H and O–H groups in total. The van der Waals surface area contributed by atoms with Crippen molar-refractivity contribution in [3.8, 4) is 0 Å². The average molecular weight is 322 g/mol. The molecule has 6 nitrogen and oxygen atoms in total. The molecule has 21 heavy (non-hydrogen) atoms. The van der Waals surface area contributed by atoms with E-state index in [9.17, 15) is 9.59 Å². The molecule has 1 amide bonds. The number of ether oxygens (including phenoxy) is 2. The number of nitrogens with one attached hydrogen (secondary N) is 2. The van der Waals surface area contributed by atoms with Gasteiger partial charge in [-0.25, -0.2) is 4.79 Å². The molecular weight excluding hydrogens is 292 g/mol. The number of rotatable bonds is 11. The molecule has 0 aliphatic heterocycles. The van der Waals surface area contributed by atoms with E-state index in [-0.39, 0.29) is 19.1 Å². The quantitative estimate of drug-likeness (QED) is 0.448. The molecule has 0 spiro atoms. The van der Waals surface area contributed by atoms with E-state index in [0.717, 1.165) is 18.7 Å². The molecule has 0 saturated heterocycles. The molecular formula is C14H30N2O4S. The van der Waals surface area contributed by atoms with Gasteiger partial charge in [-0.3, -0.25) is 4.79 Å². The number of carbonyl (C=O) groups is 2. The van der Waals surface area contributed by atoms with E-state index in [0.29, 0.717) is 19.6 Å². The van der Waals surface area contributed by atoms with Gasteiger partial charge in [0.2, 0.25) is 0 Å². The van der Waals surface area contributed by atoms with Crippen LogP contribution in [0.25, 0.3) is 0 Å². The molecule has 0 aromatic rings. The van der Waals surface area contributed by atoms with E-state index in [4.69, 9.17) is 9.47 Å². The second-order valence-electron chi connectivity index (χ2n) is 3.78. The van der Waals surface area contributed by atoms with E-state index >= 15 is 0 Å². The molecule has 0 aromatic carbocycles. The van der Waals surface area contributed by atoms with E-state index < -0.39 is 6.09 Å². The third-order valence-electron chi connectivity index (χ3n) is 2.09. The lowest BCUT2D eigenvalue weighted by Gasteiger charge is -2.07. The average Bonchev–Trinajstić information content (AvgIpc) is 2.50. The first-order valence-corrected chi connectivity index (χ1v) is 8.86. The fourth-order valence-electron chi connectivity index (χ4n) is 1.15. The predicted octanol–water partition coefficient (Wildman–Crippen LogP) is 2.03. The van der Waals surface area contributed by atoms with Crippen LogP contribution in [0.3, 0.4) is 0 Å². The summed E-state index contributed by atoms with van der Waals surface area (Å²) in [6.07, 6.45) is 2.85. The summed E-state index contributed by atoms with van der Waals surface area (Å²) in [5.41, 5.74) is 0. The van der Waals surface area contributed by atoms with Gasteiger partial charge in [0.15, 0.2) is 0 Å². The Morgan fingerprint density at radius 3 is 2.38 bits per heavy atom. The van der Waals surface area contributed by atoms with Gasteiger partial charge in [-0.05, 0) is 19.2 Å². The Kier molecular flexibility index (Phi) is 20.3. The fraction of sp³-hybridized carbons (Fsp3) is 0.857. The van der Waals surface area contributed by atoms with Crippen molar-refractivity contribution in [1.82, 2.24) is 10.6 Å². The number of amides is 1. The zero-order chi connectivity index (χ0) is 16.3. The summed E-state index contributed by atoms with van der Waals surface area (Å²) >= 11 is 1.61. The number of alkyl carbamates (subject to hydrolysis) is 1. The smallest absolute Gasteiger partial charge is 0.407 e. The fourth-order valence-corrected chi connectivity index (χ4v) is 1.40. The molecule has 7 heteroatoms. The van der Waals surface area contributed by atoms with Crippen LogP contribution in [-0.2, 0) is 14.3 Å². The van der Waals surface area contributed by atoms with Crippen molar-refractivity contribution in [1.29, 1.82) is 0 Å². The molecule has 126 valence electrons. The Hall–Kier alpha value is -0.950. The zero-order valence-electron chi connectivity index (χ0n) is 13.7. The van der Waals surface area contributed by atoms with Crippen molar-refractivity contribution < 1.29 is 19.1 Å². The minimum atomic E-state index is -0.477. The van der Waals surface area contributed by atoms with Gasteiger partial charge >= 0.3 is 12.1 Å². The van der Waals surface area contributed by atoms with E-state index in [1.165, 1.54) is 0 Å². The Bertz CT molecular complexity index is 253. The van der Waals surface area contributed by atoms with E-state index in [1.54, 1.807) is 11.8 Å². The van der Waals surface area contributed by atoms with Gasteiger partial charge in [-0.2, -0.15) is 11.8 Å². The molecule has 0 fully saturated rings. The van der Waals surface area contributed by atoms with Gasteiger partial charge in [0.05, 0.1) is 13.0 Å². The number of esters is 1. The number of hydrogen-bond acceptors (Lipinski definition) is 6. The standard InChI is InChI=1S/C12H24N2O4S.C2H6/c1-3-5-13-6-4-11(15)17-8-7-14-12(16)18-9-10-19-2;1-2/h13H,3-10H2,1-2H3,(H,14,16);1-2H3. The highest BCUT2D eigenvalue weighted by Crippen LogP contribution is 1.90. The van der Waals surface area contributed by atoms with Crippen molar-refractivity contribution >= 4 is 23.8 Å². The molecule has 0 aliphatic rings. The van der Waals surface area contributed by atoms with Gasteiger partial charge in [0.1, 0.15) is 13.2 Å². The van der Waals surface area contributed by atoms with Gasteiger partial charge in [-0.1, -0.05) is 20.8 Å². The second kappa shape index (κ2) is 19.1. The molecule has 0 aliphatic carbocycles. The third-order valence-corrected chi connectivity index (χ3v) is 2.66. The zero-order valence-corrected chi connectivity index (χ0v) is 14.5. The number of thioether (sulfide) groups is 1. The first-order valence-electron chi connectivity index (χ1n) is 7.46. The molecule has 0 atom stereocenters. The third kappa shape index (κ3) is 19.0. The van der Waals surface area contributed by atoms with Gasteiger partial charge in [0, 0.05) is 12.3 Å². The summed E-state index contributed by atoms with van der Waals surface area (Å²) in [6, 6.07) is 0. The number of hydrogen-bond donors (Lipinski definition) is 2. The SMILES string of the molecule is CC.CCCNCCC(=O)OCCNC(=O)OCCSC. The van der Waals surface area contributed by atoms with Crippen LogP contribution in [0.2, 0.25) is 0 Å². The van der Waals surface area contributed by atoms with Gasteiger partial charge < -0.3 is 20.1 Å². The van der Waals surface area contributed by atoms with Crippen LogP contribution >= 0.6 is 11.8 Å². The Labute approximate surface area is 132 Å². The molecule has 0 bridgehead atoms. The van der Waals surface area contributed by atoms with Gasteiger partial charge in [-0.15, -0.1) is 0 Å². The van der Waals surface area contributed by atoms with Crippen LogP contribution in [0.1, 0.15) is 33.6 Å². The van der Waals surface area contributed by atoms with Crippen LogP contribution in [0, 0.1) is 0 Å². The van der Waals surface area contributed by atoms with Crippen molar-refractivity contribution in [3.63, 3.8) is 0 Å². The summed E-state index contributed by atoms with van der Waals surface area (Å²) in [5.74, 6) is 0.508. The Balaban J connectivity index is 0. The largest absolute Gasteiger partial charge is 0.464 e. The highest BCUT2D eigenvalue weighted by atomic mass is 32.2. The number of carbonyl (C=O) groups excluding carboxylic acids is 2. The Morgan fingerprint density at radius 2 is 1.76 bits per heavy atom. The first-order chi connectivity index (χ1) is 10.2. The highest BCUT2D eigenvalue weighted by molar-refractivity contribution is 7.98. The minimum Gasteiger partial charge on any atom is -0.464 e. The Morgan fingerprint density at radius 1 is 1.05 bits per heavy atom. The van der Waals surface area contributed by atoms with Crippen molar-refractivity contribution in [3.05, 3.63) is 0 Å². The second-order valence-corrected chi connectivity index (χ2v) is 4.76. The summed E-state index contributed by atoms with van der Waals surface area (Å²) in [6.45, 7) is 8.41. The lowest BCUT2D eigenvalue weighted by atomic mass is 10.4. The molecule has 0 heterocycles. The van der Waals surface area contributed by atoms with Crippen LogP contribution in [0.5, 0.6) is 0 Å². The van der Waals surface area contributed by atoms with Crippen LogP contribution in [0.15, 0.2) is 0 Å². The van der Waals surface area contributed by atoms with E-state index in [2.05, 4.69) is 17.6 Å². The van der Waals surface area contributed by atoms with Crippen molar-refractivity contribution in [2.75, 3.05) is 44.9 Å². The highest BCUT2D eigenvalue weighted by Gasteiger charge is 2.03. The maximum Gasteiger partial charge on any atom is 0.407 e. The van der Waals surface area contributed by atoms with Crippen LogP contribution < -0.4 is 10.6 Å². The first kappa shape index (κ1) is 22.3. The van der Waals surface area contributed by atoms with Crippen LogP contribution in [-0.4, -0.2) is 56.9 Å². The molecule has 0 aromatic heterocycles. The van der Waals surface area contributed by atoms with Crippen molar-refractivity contribution in [2.24, 2.45) is 0 Å². The van der Waals surface area contributed by atoms with E-state index in [1.807, 2.05) is 20.1 Å². The molecule has 0 saturated carbocycles. The maximum absolute atomic E-state index is 11.3. The summed E-state index contributed by atoms with van der Waals surface area (Å²) in [5, 5.41) is 5.62. The predicted molar refractivity (Wildman–Crippen MR) is 87.8 cm³/mol. The molecule has 0 radical (unpaired) electrons. The lowest BCUT2D eigenvalue weighted by molar-refractivity contribution is -0.143.